The van der Waals surface area contributed by atoms with Gasteiger partial charge in [-0.15, -0.1) is 0 Å². The minimum Gasteiger partial charge on any atom is -0.424 e. The Morgan fingerprint density at radius 3 is 2.50 bits per heavy atom. The van der Waals surface area contributed by atoms with Gasteiger partial charge in [0.2, 0.25) is 11.8 Å². The average molecular weight is 267 g/mol. The molecule has 1 fully saturated rings. The molecule has 0 radical (unpaired) electrons. The number of nitriles is 1. The van der Waals surface area contributed by atoms with Gasteiger partial charge in [-0.3, -0.25) is 0 Å². The van der Waals surface area contributed by atoms with E-state index in [1.165, 1.54) is 0 Å². The Kier molecular flexibility index (Phi) is 3.42. The lowest BCUT2D eigenvalue weighted by Crippen LogP contribution is -2.21. The molecule has 0 aliphatic carbocycles. The third-order valence-electron chi connectivity index (χ3n) is 3.04. The fourth-order valence-corrected chi connectivity index (χ4v) is 2.09. The fraction of sp³-hybridized carbons (Fsp3) is 0.286. The Balaban J connectivity index is 1.90. The van der Waals surface area contributed by atoms with Gasteiger partial charge in [-0.25, -0.2) is 0 Å². The molecule has 1 aromatic heterocycles. The van der Waals surface area contributed by atoms with Crippen LogP contribution in [0.3, 0.4) is 0 Å². The molecule has 100 valence electrons. The van der Waals surface area contributed by atoms with Crippen molar-refractivity contribution in [3.8, 4) is 17.8 Å². The lowest BCUT2D eigenvalue weighted by atomic mass is 10.3. The molecule has 0 amide bonds. The van der Waals surface area contributed by atoms with Crippen molar-refractivity contribution >= 4 is 5.95 Å². The maximum atomic E-state index is 9.02. The minimum absolute atomic E-state index is 0.0767. The molecule has 0 saturated carbocycles. The number of para-hydroxylation sites is 1. The first-order valence-electron chi connectivity index (χ1n) is 6.49. The molecule has 6 heteroatoms. The Bertz CT molecular complexity index is 632. The minimum atomic E-state index is 0.0767. The highest BCUT2D eigenvalue weighted by Crippen LogP contribution is 2.21. The predicted octanol–water partition coefficient (Wildman–Crippen LogP) is 2.14. The quantitative estimate of drug-likeness (QED) is 0.848. The summed E-state index contributed by atoms with van der Waals surface area (Å²) in [5, 5.41) is 9.02. The highest BCUT2D eigenvalue weighted by Gasteiger charge is 2.18. The first-order valence-corrected chi connectivity index (χ1v) is 6.49. The van der Waals surface area contributed by atoms with Crippen LogP contribution in [0.1, 0.15) is 18.7 Å². The van der Waals surface area contributed by atoms with Gasteiger partial charge in [0, 0.05) is 13.1 Å². The Hall–Kier alpha value is -2.68. The lowest BCUT2D eigenvalue weighted by Gasteiger charge is -2.15. The Morgan fingerprint density at radius 1 is 1.05 bits per heavy atom. The average Bonchev–Trinajstić information content (AvgIpc) is 3.02. The van der Waals surface area contributed by atoms with Gasteiger partial charge in [0.05, 0.1) is 0 Å². The highest BCUT2D eigenvalue weighted by atomic mass is 16.5. The van der Waals surface area contributed by atoms with Crippen LogP contribution in [0.25, 0.3) is 0 Å². The molecule has 1 saturated heterocycles. The molecule has 3 rings (SSSR count). The van der Waals surface area contributed by atoms with Crippen molar-refractivity contribution in [1.29, 1.82) is 5.26 Å². The predicted molar refractivity (Wildman–Crippen MR) is 72.5 cm³/mol. The van der Waals surface area contributed by atoms with Crippen molar-refractivity contribution in [2.24, 2.45) is 0 Å². The molecule has 0 atom stereocenters. The number of aromatic nitrogens is 3. The van der Waals surface area contributed by atoms with Crippen LogP contribution >= 0.6 is 0 Å². The zero-order valence-corrected chi connectivity index (χ0v) is 10.9. The maximum absolute atomic E-state index is 9.02. The summed E-state index contributed by atoms with van der Waals surface area (Å²) in [5.74, 6) is 1.22. The first kappa shape index (κ1) is 12.4. The van der Waals surface area contributed by atoms with Gasteiger partial charge in [-0.2, -0.15) is 20.2 Å². The third kappa shape index (κ3) is 2.67. The van der Waals surface area contributed by atoms with E-state index in [2.05, 4.69) is 15.0 Å². The highest BCUT2D eigenvalue weighted by molar-refractivity contribution is 5.35. The molecular weight excluding hydrogens is 254 g/mol. The number of benzene rings is 1. The van der Waals surface area contributed by atoms with Gasteiger partial charge in [-0.05, 0) is 25.0 Å². The number of hydrogen-bond acceptors (Lipinski definition) is 6. The molecule has 1 aromatic carbocycles. The molecule has 6 nitrogen and oxygen atoms in total. The van der Waals surface area contributed by atoms with Gasteiger partial charge >= 0.3 is 6.01 Å². The van der Waals surface area contributed by atoms with Gasteiger partial charge < -0.3 is 9.64 Å². The molecule has 0 bridgehead atoms. The van der Waals surface area contributed by atoms with Crippen LogP contribution in [0.15, 0.2) is 30.3 Å². The van der Waals surface area contributed by atoms with Crippen LogP contribution in [-0.4, -0.2) is 28.0 Å². The van der Waals surface area contributed by atoms with Gasteiger partial charge in [0.15, 0.2) is 0 Å². The second-order valence-corrected chi connectivity index (χ2v) is 4.46. The summed E-state index contributed by atoms with van der Waals surface area (Å²) in [5.41, 5.74) is 0. The van der Waals surface area contributed by atoms with E-state index in [9.17, 15) is 0 Å². The van der Waals surface area contributed by atoms with E-state index in [0.717, 1.165) is 25.9 Å². The van der Waals surface area contributed by atoms with Crippen molar-refractivity contribution in [3.05, 3.63) is 36.2 Å². The van der Waals surface area contributed by atoms with Crippen LogP contribution < -0.4 is 9.64 Å². The molecule has 1 aliphatic rings. The van der Waals surface area contributed by atoms with E-state index in [-0.39, 0.29) is 11.8 Å². The van der Waals surface area contributed by atoms with Crippen molar-refractivity contribution in [3.63, 3.8) is 0 Å². The monoisotopic (exact) mass is 267 g/mol. The molecule has 1 aliphatic heterocycles. The van der Waals surface area contributed by atoms with Crippen molar-refractivity contribution in [2.45, 2.75) is 12.8 Å². The molecule has 0 spiro atoms. The van der Waals surface area contributed by atoms with Crippen molar-refractivity contribution in [2.75, 3.05) is 18.0 Å². The van der Waals surface area contributed by atoms with Crippen molar-refractivity contribution in [1.82, 2.24) is 15.0 Å². The number of anilines is 1. The third-order valence-corrected chi connectivity index (χ3v) is 3.04. The summed E-state index contributed by atoms with van der Waals surface area (Å²) in [6.45, 7) is 1.80. The van der Waals surface area contributed by atoms with Crippen LogP contribution in [0.4, 0.5) is 5.95 Å². The van der Waals surface area contributed by atoms with E-state index in [4.69, 9.17) is 10.00 Å². The molecular formula is C14H13N5O. The zero-order chi connectivity index (χ0) is 13.8. The second-order valence-electron chi connectivity index (χ2n) is 4.46. The maximum Gasteiger partial charge on any atom is 0.327 e. The number of ether oxygens (including phenoxy) is 1. The van der Waals surface area contributed by atoms with Crippen LogP contribution in [0.5, 0.6) is 11.8 Å². The number of nitrogens with zero attached hydrogens (tertiary/aromatic N) is 5. The normalized spacial score (nSPS) is 14.1. The Labute approximate surface area is 116 Å². The fourth-order valence-electron chi connectivity index (χ4n) is 2.09. The molecule has 0 N–H and O–H groups in total. The van der Waals surface area contributed by atoms with Gasteiger partial charge in [0.1, 0.15) is 11.8 Å². The SMILES string of the molecule is N#Cc1nc(Oc2ccccc2)nc(N2CCCC2)n1. The molecule has 0 unspecified atom stereocenters. The summed E-state index contributed by atoms with van der Waals surface area (Å²) in [7, 11) is 0. The summed E-state index contributed by atoms with van der Waals surface area (Å²) in [4.78, 5) is 14.5. The smallest absolute Gasteiger partial charge is 0.327 e. The number of rotatable bonds is 3. The lowest BCUT2D eigenvalue weighted by molar-refractivity contribution is 0.438. The summed E-state index contributed by atoms with van der Waals surface area (Å²) < 4.78 is 5.58. The Morgan fingerprint density at radius 2 is 1.80 bits per heavy atom. The zero-order valence-electron chi connectivity index (χ0n) is 10.9. The standard InChI is InChI=1S/C14H13N5O/c15-10-12-16-13(19-8-4-5-9-19)18-14(17-12)20-11-6-2-1-3-7-11/h1-3,6-7H,4-5,8-9H2. The second kappa shape index (κ2) is 5.53. The summed E-state index contributed by atoms with van der Waals surface area (Å²) >= 11 is 0. The van der Waals surface area contributed by atoms with Gasteiger partial charge in [-0.1, -0.05) is 18.2 Å². The van der Waals surface area contributed by atoms with Crippen molar-refractivity contribution < 1.29 is 4.74 Å². The van der Waals surface area contributed by atoms with E-state index >= 15 is 0 Å². The summed E-state index contributed by atoms with van der Waals surface area (Å²) in [6.07, 6.45) is 2.23. The van der Waals surface area contributed by atoms with Gasteiger partial charge in [0.25, 0.3) is 0 Å². The molecule has 2 heterocycles. The van der Waals surface area contributed by atoms with E-state index in [0.29, 0.717) is 11.7 Å². The molecule has 20 heavy (non-hydrogen) atoms. The van der Waals surface area contributed by atoms with Crippen LogP contribution in [-0.2, 0) is 0 Å². The van der Waals surface area contributed by atoms with E-state index < -0.39 is 0 Å². The number of hydrogen-bond donors (Lipinski definition) is 0. The largest absolute Gasteiger partial charge is 0.424 e. The van der Waals surface area contributed by atoms with E-state index in [1.54, 1.807) is 0 Å². The first-order chi connectivity index (χ1) is 9.85. The molecule has 2 aromatic rings. The van der Waals surface area contributed by atoms with E-state index in [1.807, 2.05) is 41.3 Å². The topological polar surface area (TPSA) is 74.9 Å². The van der Waals surface area contributed by atoms with Crippen LogP contribution in [0.2, 0.25) is 0 Å². The van der Waals surface area contributed by atoms with Crippen LogP contribution in [0, 0.1) is 11.3 Å². The summed E-state index contributed by atoms with van der Waals surface area (Å²) in [6, 6.07) is 11.4.